The Hall–Kier alpha value is -3.73. The third-order valence-electron chi connectivity index (χ3n) is 7.38. The second kappa shape index (κ2) is 12.0. The van der Waals surface area contributed by atoms with Crippen molar-refractivity contribution in [2.24, 2.45) is 0 Å². The molecule has 2 aromatic heterocycles. The highest BCUT2D eigenvalue weighted by molar-refractivity contribution is 5.96. The number of aliphatic carboxylic acids is 1. The van der Waals surface area contributed by atoms with E-state index >= 15 is 0 Å². The fourth-order valence-electron chi connectivity index (χ4n) is 5.22. The number of hydrogen-bond acceptors (Lipinski definition) is 6. The summed E-state index contributed by atoms with van der Waals surface area (Å²) in [4.78, 5) is 31.0. The first kappa shape index (κ1) is 28.3. The molecule has 2 aliphatic rings. The number of alkyl halides is 3. The number of rotatable bonds is 6. The van der Waals surface area contributed by atoms with Gasteiger partial charge in [0, 0.05) is 55.2 Å². The van der Waals surface area contributed by atoms with E-state index in [0.29, 0.717) is 18.2 Å². The highest BCUT2D eigenvalue weighted by Crippen LogP contribution is 2.29. The molecule has 0 aliphatic carbocycles. The Labute approximate surface area is 224 Å². The molecule has 0 amide bonds. The number of carbonyl (C=O) groups is 2. The van der Waals surface area contributed by atoms with Crippen LogP contribution in [0.15, 0.2) is 48.8 Å². The van der Waals surface area contributed by atoms with Gasteiger partial charge in [0.25, 0.3) is 0 Å². The Morgan fingerprint density at radius 2 is 1.82 bits per heavy atom. The number of benzene rings is 1. The average molecular weight is 544 g/mol. The Bertz CT molecular complexity index is 1300. The van der Waals surface area contributed by atoms with Gasteiger partial charge in [-0.15, -0.1) is 0 Å². The van der Waals surface area contributed by atoms with Gasteiger partial charge in [-0.05, 0) is 81.1 Å². The quantitative estimate of drug-likeness (QED) is 0.427. The van der Waals surface area contributed by atoms with Crippen LogP contribution in [0.2, 0.25) is 0 Å². The van der Waals surface area contributed by atoms with E-state index in [1.807, 2.05) is 18.2 Å². The maximum absolute atomic E-state index is 12.9. The Balaban J connectivity index is 0.000000448. The van der Waals surface area contributed by atoms with E-state index in [4.69, 9.17) is 9.90 Å². The van der Waals surface area contributed by atoms with E-state index in [2.05, 4.69) is 57.0 Å². The molecule has 11 heteroatoms. The zero-order valence-corrected chi connectivity index (χ0v) is 21.9. The molecule has 0 spiro atoms. The second-order valence-corrected chi connectivity index (χ2v) is 10.0. The number of nitrogens with zero attached hydrogens (tertiary/aromatic N) is 4. The largest absolute Gasteiger partial charge is 0.490 e. The summed E-state index contributed by atoms with van der Waals surface area (Å²) >= 11 is 0. The van der Waals surface area contributed by atoms with E-state index in [1.165, 1.54) is 37.1 Å². The fourth-order valence-corrected chi connectivity index (χ4v) is 5.22. The molecule has 1 aromatic carbocycles. The highest BCUT2D eigenvalue weighted by atomic mass is 19.4. The molecule has 2 N–H and O–H groups in total. The van der Waals surface area contributed by atoms with Crippen LogP contribution in [0, 0.1) is 6.92 Å². The number of nitrogens with one attached hydrogen (secondary N) is 1. The smallest absolute Gasteiger partial charge is 0.475 e. The predicted octanol–water partition coefficient (Wildman–Crippen LogP) is 4.90. The maximum Gasteiger partial charge on any atom is 0.490 e. The van der Waals surface area contributed by atoms with E-state index in [1.54, 1.807) is 12.4 Å². The van der Waals surface area contributed by atoms with Crippen LogP contribution in [0.1, 0.15) is 47.8 Å². The Kier molecular flexibility index (Phi) is 8.69. The second-order valence-electron chi connectivity index (χ2n) is 10.0. The molecule has 4 heterocycles. The molecule has 8 nitrogen and oxygen atoms in total. The van der Waals surface area contributed by atoms with Crippen LogP contribution in [-0.2, 0) is 11.2 Å². The third-order valence-corrected chi connectivity index (χ3v) is 7.38. The Morgan fingerprint density at radius 1 is 1.10 bits per heavy atom. The molecule has 0 saturated carbocycles. The van der Waals surface area contributed by atoms with Gasteiger partial charge in [0.15, 0.2) is 5.78 Å². The minimum Gasteiger partial charge on any atom is -0.475 e. The molecule has 2 unspecified atom stereocenters. The first-order valence-electron chi connectivity index (χ1n) is 12.9. The number of carboxylic acid groups (broad SMARTS) is 1. The number of aryl methyl sites for hydroxylation is 1. The van der Waals surface area contributed by atoms with Crippen molar-refractivity contribution in [3.8, 4) is 11.3 Å². The summed E-state index contributed by atoms with van der Waals surface area (Å²) in [5.41, 5.74) is 5.77. The molecule has 3 aromatic rings. The number of ketones is 1. The molecule has 0 bridgehead atoms. The van der Waals surface area contributed by atoms with E-state index in [9.17, 15) is 18.0 Å². The summed E-state index contributed by atoms with van der Waals surface area (Å²) in [5.74, 6) is -2.70. The SMILES string of the molecule is Cc1cc(N2CCC(N3CCCC3C)C2)ccc1CC(=O)c1cc(-c2ccncc2)n[nH]1.O=C(O)C(F)(F)F. The molecule has 2 fully saturated rings. The number of aromatic amines is 1. The average Bonchev–Trinajstić information content (AvgIpc) is 3.66. The number of pyridine rings is 1. The topological polar surface area (TPSA) is 102 Å². The minimum atomic E-state index is -5.08. The van der Waals surface area contributed by atoms with Gasteiger partial charge in [-0.1, -0.05) is 6.07 Å². The summed E-state index contributed by atoms with van der Waals surface area (Å²) in [6.45, 7) is 7.94. The first-order valence-corrected chi connectivity index (χ1v) is 12.9. The summed E-state index contributed by atoms with van der Waals surface area (Å²) in [6, 6.07) is 13.5. The molecule has 0 radical (unpaired) electrons. The molecule has 5 rings (SSSR count). The lowest BCUT2D eigenvalue weighted by Crippen LogP contribution is -2.39. The van der Waals surface area contributed by atoms with Crippen molar-refractivity contribution in [2.75, 3.05) is 24.5 Å². The summed E-state index contributed by atoms with van der Waals surface area (Å²) in [5, 5.41) is 14.3. The van der Waals surface area contributed by atoms with Crippen molar-refractivity contribution < 1.29 is 27.9 Å². The van der Waals surface area contributed by atoms with Gasteiger partial charge in [-0.25, -0.2) is 4.79 Å². The molecule has 2 saturated heterocycles. The van der Waals surface area contributed by atoms with Crippen LogP contribution in [0.25, 0.3) is 11.3 Å². The van der Waals surface area contributed by atoms with Crippen molar-refractivity contribution in [3.63, 3.8) is 0 Å². The number of likely N-dealkylation sites (tertiary alicyclic amines) is 1. The monoisotopic (exact) mass is 543 g/mol. The standard InChI is InChI=1S/C26H31N5O.C2HF3O2/c1-18-14-22(30-13-9-23(17-30)31-12-3-4-19(31)2)6-5-21(18)15-26(32)25-16-24(28-29-25)20-7-10-27-11-8-20;3-2(4,5)1(6)7/h5-8,10-11,14,16,19,23H,3-4,9,12-13,15,17H2,1-2H3,(H,28,29);(H,6,7). The van der Waals surface area contributed by atoms with Gasteiger partial charge in [0.2, 0.25) is 0 Å². The Morgan fingerprint density at radius 3 is 2.44 bits per heavy atom. The van der Waals surface area contributed by atoms with Gasteiger partial charge in [-0.2, -0.15) is 18.3 Å². The van der Waals surface area contributed by atoms with Crippen molar-refractivity contribution >= 4 is 17.4 Å². The zero-order chi connectivity index (χ0) is 28.2. The zero-order valence-electron chi connectivity index (χ0n) is 21.9. The molecular formula is C28H32F3N5O3. The van der Waals surface area contributed by atoms with Gasteiger partial charge in [-0.3, -0.25) is 19.8 Å². The lowest BCUT2D eigenvalue weighted by atomic mass is 10.0. The lowest BCUT2D eigenvalue weighted by Gasteiger charge is -2.28. The summed E-state index contributed by atoms with van der Waals surface area (Å²) in [6.07, 6.45) is 2.65. The first-order chi connectivity index (χ1) is 18.5. The maximum atomic E-state index is 12.9. The highest BCUT2D eigenvalue weighted by Gasteiger charge is 2.38. The number of aromatic nitrogens is 3. The number of halogens is 3. The van der Waals surface area contributed by atoms with Crippen LogP contribution < -0.4 is 4.90 Å². The van der Waals surface area contributed by atoms with Crippen LogP contribution in [0.3, 0.4) is 0 Å². The molecule has 2 atom stereocenters. The van der Waals surface area contributed by atoms with E-state index < -0.39 is 12.1 Å². The molecule has 208 valence electrons. The van der Waals surface area contributed by atoms with E-state index in [0.717, 1.165) is 36.0 Å². The third kappa shape index (κ3) is 7.03. The van der Waals surface area contributed by atoms with Crippen molar-refractivity contribution in [2.45, 2.75) is 57.8 Å². The number of Topliss-reactive ketones (excluding diaryl/α,β-unsaturated/α-hetero) is 1. The van der Waals surface area contributed by atoms with Gasteiger partial charge in [0.1, 0.15) is 5.69 Å². The van der Waals surface area contributed by atoms with Crippen LogP contribution in [-0.4, -0.2) is 74.8 Å². The normalized spacial score (nSPS) is 19.6. The molecule has 2 aliphatic heterocycles. The minimum absolute atomic E-state index is 0.0536. The van der Waals surface area contributed by atoms with Crippen molar-refractivity contribution in [3.05, 3.63) is 65.6 Å². The van der Waals surface area contributed by atoms with Crippen LogP contribution >= 0.6 is 0 Å². The number of hydrogen-bond donors (Lipinski definition) is 2. The van der Waals surface area contributed by atoms with Crippen molar-refractivity contribution in [1.82, 2.24) is 20.1 Å². The van der Waals surface area contributed by atoms with Crippen LogP contribution in [0.4, 0.5) is 18.9 Å². The lowest BCUT2D eigenvalue weighted by molar-refractivity contribution is -0.192. The number of carboxylic acids is 1. The van der Waals surface area contributed by atoms with Gasteiger partial charge in [0.05, 0.1) is 5.69 Å². The van der Waals surface area contributed by atoms with Crippen molar-refractivity contribution in [1.29, 1.82) is 0 Å². The summed E-state index contributed by atoms with van der Waals surface area (Å²) < 4.78 is 31.7. The van der Waals surface area contributed by atoms with Gasteiger partial charge >= 0.3 is 12.1 Å². The van der Waals surface area contributed by atoms with Crippen LogP contribution in [0.5, 0.6) is 0 Å². The van der Waals surface area contributed by atoms with E-state index in [-0.39, 0.29) is 5.78 Å². The number of carbonyl (C=O) groups excluding carboxylic acids is 1. The number of anilines is 1. The number of H-pyrrole nitrogens is 1. The summed E-state index contributed by atoms with van der Waals surface area (Å²) in [7, 11) is 0. The van der Waals surface area contributed by atoms with Gasteiger partial charge < -0.3 is 10.0 Å². The molecule has 39 heavy (non-hydrogen) atoms. The fraction of sp³-hybridized carbons (Fsp3) is 0.429. The predicted molar refractivity (Wildman–Crippen MR) is 141 cm³/mol. The molecular weight excluding hydrogens is 511 g/mol.